The van der Waals surface area contributed by atoms with Gasteiger partial charge in [0.2, 0.25) is 0 Å². The zero-order chi connectivity index (χ0) is 12.1. The van der Waals surface area contributed by atoms with Gasteiger partial charge in [-0.2, -0.15) is 0 Å². The summed E-state index contributed by atoms with van der Waals surface area (Å²) in [5.74, 6) is -0.622. The van der Waals surface area contributed by atoms with Gasteiger partial charge in [-0.15, -0.1) is 0 Å². The van der Waals surface area contributed by atoms with Gasteiger partial charge in [-0.25, -0.2) is 4.79 Å². The Morgan fingerprint density at radius 3 is 2.75 bits per heavy atom. The third-order valence-electron chi connectivity index (χ3n) is 2.52. The van der Waals surface area contributed by atoms with Crippen molar-refractivity contribution in [3.63, 3.8) is 0 Å². The molecule has 1 heterocycles. The lowest BCUT2D eigenvalue weighted by atomic mass is 10.1. The normalized spacial score (nSPS) is 12.4. The van der Waals surface area contributed by atoms with Gasteiger partial charge >= 0.3 is 5.97 Å². The lowest BCUT2D eigenvalue weighted by Crippen LogP contribution is -2.23. The number of rotatable bonds is 5. The van der Waals surface area contributed by atoms with Crippen molar-refractivity contribution in [3.05, 3.63) is 34.2 Å². The maximum atomic E-state index is 11.5. The molecule has 0 radical (unpaired) electrons. The molecule has 1 aromatic rings. The Kier molecular flexibility index (Phi) is 4.28. The Morgan fingerprint density at radius 2 is 2.19 bits per heavy atom. The second-order valence-corrected chi connectivity index (χ2v) is 4.11. The Morgan fingerprint density at radius 1 is 1.50 bits per heavy atom. The van der Waals surface area contributed by atoms with E-state index in [1.165, 1.54) is 22.9 Å². The highest BCUT2D eigenvalue weighted by Crippen LogP contribution is 2.07. The van der Waals surface area contributed by atoms with Crippen LogP contribution in [0.4, 0.5) is 0 Å². The summed E-state index contributed by atoms with van der Waals surface area (Å²) in [5.41, 5.74) is 0.0104. The van der Waals surface area contributed by atoms with Crippen LogP contribution in [0.25, 0.3) is 0 Å². The van der Waals surface area contributed by atoms with Crippen molar-refractivity contribution in [2.75, 3.05) is 0 Å². The maximum absolute atomic E-state index is 11.5. The lowest BCUT2D eigenvalue weighted by molar-refractivity contribution is 0.0695. The maximum Gasteiger partial charge on any atom is 0.337 e. The van der Waals surface area contributed by atoms with Crippen LogP contribution in [0, 0.1) is 5.92 Å². The highest BCUT2D eigenvalue weighted by atomic mass is 16.4. The first-order valence-corrected chi connectivity index (χ1v) is 5.48. The van der Waals surface area contributed by atoms with E-state index in [1.807, 2.05) is 0 Å². The minimum Gasteiger partial charge on any atom is -0.478 e. The molecule has 4 nitrogen and oxygen atoms in total. The largest absolute Gasteiger partial charge is 0.478 e. The molecule has 0 amide bonds. The van der Waals surface area contributed by atoms with Gasteiger partial charge in [0.25, 0.3) is 5.56 Å². The number of nitrogens with zero attached hydrogens (tertiary/aromatic N) is 1. The van der Waals surface area contributed by atoms with Crippen LogP contribution in [0.5, 0.6) is 0 Å². The molecule has 0 fully saturated rings. The Labute approximate surface area is 94.5 Å². The van der Waals surface area contributed by atoms with Gasteiger partial charge in [0.15, 0.2) is 0 Å². The summed E-state index contributed by atoms with van der Waals surface area (Å²) in [4.78, 5) is 22.3. The van der Waals surface area contributed by atoms with Crippen molar-refractivity contribution in [2.45, 2.75) is 33.2 Å². The van der Waals surface area contributed by atoms with E-state index in [1.54, 1.807) is 0 Å². The van der Waals surface area contributed by atoms with Crippen molar-refractivity contribution < 1.29 is 9.90 Å². The first-order chi connectivity index (χ1) is 7.54. The van der Waals surface area contributed by atoms with Gasteiger partial charge in [0, 0.05) is 18.8 Å². The quantitative estimate of drug-likeness (QED) is 0.830. The summed E-state index contributed by atoms with van der Waals surface area (Å²) in [5, 5.41) is 8.82. The second-order valence-electron chi connectivity index (χ2n) is 4.11. The molecular weight excluding hydrogens is 206 g/mol. The number of hydrogen-bond donors (Lipinski definition) is 1. The molecule has 1 atom stereocenters. The van der Waals surface area contributed by atoms with Gasteiger partial charge in [0.1, 0.15) is 0 Å². The van der Waals surface area contributed by atoms with Crippen molar-refractivity contribution in [2.24, 2.45) is 5.92 Å². The van der Waals surface area contributed by atoms with Gasteiger partial charge in [-0.1, -0.05) is 20.3 Å². The summed E-state index contributed by atoms with van der Waals surface area (Å²) in [6.07, 6.45) is 3.51. The van der Waals surface area contributed by atoms with Crippen LogP contribution < -0.4 is 5.56 Å². The van der Waals surface area contributed by atoms with Crippen LogP contribution >= 0.6 is 0 Å². The van der Waals surface area contributed by atoms with Crippen molar-refractivity contribution in [1.82, 2.24) is 4.57 Å². The van der Waals surface area contributed by atoms with Crippen molar-refractivity contribution in [1.29, 1.82) is 0 Å². The molecule has 0 saturated heterocycles. The Balaban J connectivity index is 2.90. The van der Waals surface area contributed by atoms with E-state index in [2.05, 4.69) is 13.8 Å². The van der Waals surface area contributed by atoms with Gasteiger partial charge in [-0.3, -0.25) is 4.79 Å². The molecule has 1 aromatic heterocycles. The van der Waals surface area contributed by atoms with Crippen LogP contribution in [0.1, 0.15) is 37.0 Å². The summed E-state index contributed by atoms with van der Waals surface area (Å²) >= 11 is 0. The SMILES string of the molecule is CCCC(C)Cn1cc(C(=O)O)ccc1=O. The molecule has 0 aliphatic carbocycles. The van der Waals surface area contributed by atoms with Crippen molar-refractivity contribution >= 4 is 5.97 Å². The molecule has 0 saturated carbocycles. The molecule has 88 valence electrons. The summed E-state index contributed by atoms with van der Waals surface area (Å²) in [7, 11) is 0. The lowest BCUT2D eigenvalue weighted by Gasteiger charge is -2.12. The van der Waals surface area contributed by atoms with Crippen molar-refractivity contribution in [3.8, 4) is 0 Å². The number of hydrogen-bond acceptors (Lipinski definition) is 2. The third-order valence-corrected chi connectivity index (χ3v) is 2.52. The molecule has 0 aliphatic heterocycles. The van der Waals surface area contributed by atoms with Crippen LogP contribution in [-0.2, 0) is 6.54 Å². The monoisotopic (exact) mass is 223 g/mol. The summed E-state index contributed by atoms with van der Waals surface area (Å²) < 4.78 is 1.48. The van der Waals surface area contributed by atoms with Gasteiger partial charge < -0.3 is 9.67 Å². The minimum absolute atomic E-state index is 0.145. The predicted octanol–water partition coefficient (Wildman–Crippen LogP) is 1.98. The molecular formula is C12H17NO3. The highest BCUT2D eigenvalue weighted by molar-refractivity contribution is 5.87. The molecule has 1 unspecified atom stereocenters. The zero-order valence-corrected chi connectivity index (χ0v) is 9.64. The average molecular weight is 223 g/mol. The van der Waals surface area contributed by atoms with E-state index >= 15 is 0 Å². The molecule has 0 spiro atoms. The molecule has 0 bridgehead atoms. The van der Waals surface area contributed by atoms with Gasteiger partial charge in [-0.05, 0) is 18.4 Å². The third kappa shape index (κ3) is 3.22. The molecule has 0 aliphatic rings. The summed E-state index contributed by atoms with van der Waals surface area (Å²) in [6.45, 7) is 4.73. The standard InChI is InChI=1S/C12H17NO3/c1-3-4-9(2)7-13-8-10(12(15)16)5-6-11(13)14/h5-6,8-9H,3-4,7H2,1-2H3,(H,15,16). The van der Waals surface area contributed by atoms with E-state index in [0.29, 0.717) is 12.5 Å². The first kappa shape index (κ1) is 12.5. The number of carboxylic acids is 1. The molecule has 16 heavy (non-hydrogen) atoms. The number of carboxylic acid groups (broad SMARTS) is 1. The minimum atomic E-state index is -1.00. The Bertz CT molecular complexity index is 423. The number of aromatic nitrogens is 1. The van der Waals surface area contributed by atoms with E-state index < -0.39 is 5.97 Å². The zero-order valence-electron chi connectivity index (χ0n) is 9.64. The second kappa shape index (κ2) is 5.49. The highest BCUT2D eigenvalue weighted by Gasteiger charge is 2.07. The van der Waals surface area contributed by atoms with Crippen LogP contribution in [0.3, 0.4) is 0 Å². The predicted molar refractivity (Wildman–Crippen MR) is 61.7 cm³/mol. The van der Waals surface area contributed by atoms with E-state index in [4.69, 9.17) is 5.11 Å². The number of aromatic carboxylic acids is 1. The molecule has 0 aromatic carbocycles. The molecule has 4 heteroatoms. The fourth-order valence-corrected chi connectivity index (χ4v) is 1.72. The van der Waals surface area contributed by atoms with E-state index in [9.17, 15) is 9.59 Å². The smallest absolute Gasteiger partial charge is 0.337 e. The number of pyridine rings is 1. The molecule has 1 N–H and O–H groups in total. The summed E-state index contributed by atoms with van der Waals surface area (Å²) in [6, 6.07) is 2.65. The van der Waals surface area contributed by atoms with Crippen LogP contribution in [0.15, 0.2) is 23.1 Å². The average Bonchev–Trinajstić information content (AvgIpc) is 2.21. The Hall–Kier alpha value is -1.58. The fourth-order valence-electron chi connectivity index (χ4n) is 1.72. The fraction of sp³-hybridized carbons (Fsp3) is 0.500. The van der Waals surface area contributed by atoms with E-state index in [-0.39, 0.29) is 11.1 Å². The molecule has 1 rings (SSSR count). The number of carbonyl (C=O) groups is 1. The van der Waals surface area contributed by atoms with Crippen LogP contribution in [-0.4, -0.2) is 15.6 Å². The van der Waals surface area contributed by atoms with E-state index in [0.717, 1.165) is 12.8 Å². The van der Waals surface area contributed by atoms with Gasteiger partial charge in [0.05, 0.1) is 5.56 Å². The topological polar surface area (TPSA) is 59.3 Å². The van der Waals surface area contributed by atoms with Crippen LogP contribution in [0.2, 0.25) is 0 Å². The first-order valence-electron chi connectivity index (χ1n) is 5.48.